The standard InChI is InChI=1S/C7H12O3/c1-6(2-3-8)7-9-4-5-10-7/h3,6-7H,2,4-5H2,1H3. The van der Waals surface area contributed by atoms with E-state index in [0.29, 0.717) is 19.6 Å². The zero-order valence-electron chi connectivity index (χ0n) is 6.08. The van der Waals surface area contributed by atoms with Crippen molar-refractivity contribution in [2.24, 2.45) is 5.92 Å². The van der Waals surface area contributed by atoms with Crippen LogP contribution in [0.25, 0.3) is 0 Å². The van der Waals surface area contributed by atoms with Crippen molar-refractivity contribution in [1.82, 2.24) is 0 Å². The Kier molecular flexibility index (Phi) is 2.83. The highest BCUT2D eigenvalue weighted by molar-refractivity contribution is 5.49. The normalized spacial score (nSPS) is 22.9. The summed E-state index contributed by atoms with van der Waals surface area (Å²) in [5.74, 6) is 0.194. The van der Waals surface area contributed by atoms with Crippen LogP contribution in [-0.2, 0) is 14.3 Å². The lowest BCUT2D eigenvalue weighted by Crippen LogP contribution is -2.18. The molecule has 0 aliphatic carbocycles. The van der Waals surface area contributed by atoms with Gasteiger partial charge in [0.1, 0.15) is 6.29 Å². The van der Waals surface area contributed by atoms with Crippen LogP contribution in [0.1, 0.15) is 13.3 Å². The van der Waals surface area contributed by atoms with Crippen LogP contribution in [0.4, 0.5) is 0 Å². The van der Waals surface area contributed by atoms with Gasteiger partial charge in [0.25, 0.3) is 0 Å². The number of rotatable bonds is 3. The Balaban J connectivity index is 2.24. The van der Waals surface area contributed by atoms with Gasteiger partial charge in [-0.15, -0.1) is 0 Å². The average molecular weight is 144 g/mol. The first-order valence-electron chi connectivity index (χ1n) is 3.51. The molecule has 0 aromatic heterocycles. The Hall–Kier alpha value is -0.410. The fourth-order valence-corrected chi connectivity index (χ4v) is 0.968. The monoisotopic (exact) mass is 144 g/mol. The van der Waals surface area contributed by atoms with Crippen LogP contribution in [0, 0.1) is 5.92 Å². The maximum absolute atomic E-state index is 10.1. The van der Waals surface area contributed by atoms with E-state index in [0.717, 1.165) is 6.29 Å². The van der Waals surface area contributed by atoms with Crippen LogP contribution in [0.5, 0.6) is 0 Å². The van der Waals surface area contributed by atoms with E-state index in [1.807, 2.05) is 6.92 Å². The molecule has 0 radical (unpaired) electrons. The van der Waals surface area contributed by atoms with Gasteiger partial charge in [-0.25, -0.2) is 0 Å². The molecule has 3 nitrogen and oxygen atoms in total. The summed E-state index contributed by atoms with van der Waals surface area (Å²) in [6.45, 7) is 3.27. The molecule has 1 saturated heterocycles. The molecule has 1 fully saturated rings. The first-order valence-corrected chi connectivity index (χ1v) is 3.51. The molecule has 0 N–H and O–H groups in total. The van der Waals surface area contributed by atoms with Crippen LogP contribution in [0.15, 0.2) is 0 Å². The molecule has 3 heteroatoms. The summed E-state index contributed by atoms with van der Waals surface area (Å²) in [7, 11) is 0. The van der Waals surface area contributed by atoms with Gasteiger partial charge in [0, 0.05) is 12.3 Å². The Labute approximate surface area is 60.3 Å². The van der Waals surface area contributed by atoms with Gasteiger partial charge in [0.05, 0.1) is 13.2 Å². The zero-order chi connectivity index (χ0) is 7.40. The summed E-state index contributed by atoms with van der Waals surface area (Å²) in [5, 5.41) is 0. The van der Waals surface area contributed by atoms with Crippen molar-refractivity contribution in [2.45, 2.75) is 19.6 Å². The van der Waals surface area contributed by atoms with Crippen molar-refractivity contribution < 1.29 is 14.3 Å². The third-order valence-electron chi connectivity index (χ3n) is 1.58. The molecule has 1 aliphatic heterocycles. The molecule has 0 bridgehead atoms. The SMILES string of the molecule is CC(CC=O)C1OCCO1. The van der Waals surface area contributed by atoms with E-state index < -0.39 is 0 Å². The quantitative estimate of drug-likeness (QED) is 0.544. The van der Waals surface area contributed by atoms with E-state index in [1.165, 1.54) is 0 Å². The topological polar surface area (TPSA) is 35.5 Å². The highest BCUT2D eigenvalue weighted by Gasteiger charge is 2.22. The lowest BCUT2D eigenvalue weighted by molar-refractivity contribution is -0.114. The maximum atomic E-state index is 10.1. The first kappa shape index (κ1) is 7.69. The Morgan fingerprint density at radius 1 is 1.60 bits per heavy atom. The largest absolute Gasteiger partial charge is 0.350 e. The van der Waals surface area contributed by atoms with E-state index in [9.17, 15) is 4.79 Å². The second kappa shape index (κ2) is 3.68. The third kappa shape index (κ3) is 1.78. The smallest absolute Gasteiger partial charge is 0.160 e. The second-order valence-corrected chi connectivity index (χ2v) is 2.49. The number of ether oxygens (including phenoxy) is 2. The predicted octanol–water partition coefficient (Wildman–Crippen LogP) is 0.584. The second-order valence-electron chi connectivity index (χ2n) is 2.49. The van der Waals surface area contributed by atoms with Gasteiger partial charge in [-0.2, -0.15) is 0 Å². The minimum Gasteiger partial charge on any atom is -0.350 e. The molecular formula is C7H12O3. The molecule has 0 aromatic carbocycles. The van der Waals surface area contributed by atoms with Gasteiger partial charge < -0.3 is 14.3 Å². The molecule has 0 aromatic rings. The van der Waals surface area contributed by atoms with Crippen molar-refractivity contribution in [2.75, 3.05) is 13.2 Å². The number of aldehydes is 1. The molecular weight excluding hydrogens is 132 g/mol. The van der Waals surface area contributed by atoms with Crippen LogP contribution in [-0.4, -0.2) is 25.8 Å². The van der Waals surface area contributed by atoms with Crippen molar-refractivity contribution >= 4 is 6.29 Å². The number of carbonyl (C=O) groups is 1. The Morgan fingerprint density at radius 2 is 2.20 bits per heavy atom. The molecule has 0 saturated carbocycles. The maximum Gasteiger partial charge on any atom is 0.160 e. The van der Waals surface area contributed by atoms with E-state index >= 15 is 0 Å². The molecule has 0 amide bonds. The third-order valence-corrected chi connectivity index (χ3v) is 1.58. The lowest BCUT2D eigenvalue weighted by Gasteiger charge is -2.14. The minimum atomic E-state index is -0.148. The summed E-state index contributed by atoms with van der Waals surface area (Å²) in [4.78, 5) is 10.1. The van der Waals surface area contributed by atoms with Gasteiger partial charge in [0.15, 0.2) is 6.29 Å². The Bertz CT molecular complexity index is 107. The molecule has 1 rings (SSSR count). The highest BCUT2D eigenvalue weighted by atomic mass is 16.7. The van der Waals surface area contributed by atoms with Crippen molar-refractivity contribution in [3.05, 3.63) is 0 Å². The summed E-state index contributed by atoms with van der Waals surface area (Å²) in [6, 6.07) is 0. The number of hydrogen-bond donors (Lipinski definition) is 0. The fourth-order valence-electron chi connectivity index (χ4n) is 0.968. The summed E-state index contributed by atoms with van der Waals surface area (Å²) < 4.78 is 10.4. The van der Waals surface area contributed by atoms with Crippen LogP contribution in [0.2, 0.25) is 0 Å². The highest BCUT2D eigenvalue weighted by Crippen LogP contribution is 2.15. The van der Waals surface area contributed by atoms with Crippen LogP contribution >= 0.6 is 0 Å². The molecule has 1 unspecified atom stereocenters. The van der Waals surface area contributed by atoms with Gasteiger partial charge in [-0.1, -0.05) is 6.92 Å². The molecule has 1 aliphatic rings. The number of hydrogen-bond acceptors (Lipinski definition) is 3. The summed E-state index contributed by atoms with van der Waals surface area (Å²) >= 11 is 0. The van der Waals surface area contributed by atoms with Crippen molar-refractivity contribution in [1.29, 1.82) is 0 Å². The van der Waals surface area contributed by atoms with Crippen molar-refractivity contribution in [3.63, 3.8) is 0 Å². The predicted molar refractivity (Wildman–Crippen MR) is 35.5 cm³/mol. The lowest BCUT2D eigenvalue weighted by atomic mass is 10.1. The first-order chi connectivity index (χ1) is 4.84. The van der Waals surface area contributed by atoms with E-state index in [-0.39, 0.29) is 12.2 Å². The fraction of sp³-hybridized carbons (Fsp3) is 0.857. The average Bonchev–Trinajstić information content (AvgIpc) is 2.38. The van der Waals surface area contributed by atoms with Crippen LogP contribution < -0.4 is 0 Å². The van der Waals surface area contributed by atoms with Crippen LogP contribution in [0.3, 0.4) is 0 Å². The van der Waals surface area contributed by atoms with Crippen molar-refractivity contribution in [3.8, 4) is 0 Å². The van der Waals surface area contributed by atoms with E-state index in [4.69, 9.17) is 9.47 Å². The molecule has 1 heterocycles. The molecule has 58 valence electrons. The molecule has 1 atom stereocenters. The van der Waals surface area contributed by atoms with Gasteiger partial charge in [0.2, 0.25) is 0 Å². The number of carbonyl (C=O) groups excluding carboxylic acids is 1. The molecule has 0 spiro atoms. The van der Waals surface area contributed by atoms with E-state index in [2.05, 4.69) is 0 Å². The van der Waals surface area contributed by atoms with Gasteiger partial charge in [-0.05, 0) is 0 Å². The van der Waals surface area contributed by atoms with Gasteiger partial charge >= 0.3 is 0 Å². The minimum absolute atomic E-state index is 0.148. The molecule has 10 heavy (non-hydrogen) atoms. The summed E-state index contributed by atoms with van der Waals surface area (Å²) in [5.41, 5.74) is 0. The van der Waals surface area contributed by atoms with Gasteiger partial charge in [-0.3, -0.25) is 0 Å². The van der Waals surface area contributed by atoms with E-state index in [1.54, 1.807) is 0 Å². The zero-order valence-corrected chi connectivity index (χ0v) is 6.08. The Morgan fingerprint density at radius 3 is 2.70 bits per heavy atom. The summed E-state index contributed by atoms with van der Waals surface area (Å²) in [6.07, 6.45) is 1.27.